The molecule has 3 atom stereocenters. The van der Waals surface area contributed by atoms with E-state index in [9.17, 15) is 9.59 Å². The number of rotatable bonds is 2. The van der Waals surface area contributed by atoms with Crippen molar-refractivity contribution in [2.45, 2.75) is 25.8 Å². The van der Waals surface area contributed by atoms with Gasteiger partial charge in [0.15, 0.2) is 0 Å². The molecule has 2 aliphatic rings. The van der Waals surface area contributed by atoms with Crippen LogP contribution in [0.5, 0.6) is 0 Å². The molecule has 3 N–H and O–H groups in total. The first-order valence-electron chi connectivity index (χ1n) is 5.89. The Morgan fingerprint density at radius 1 is 1.50 bits per heavy atom. The molecule has 2 rings (SSSR count). The lowest BCUT2D eigenvalue weighted by molar-refractivity contribution is -0.126. The largest absolute Gasteiger partial charge is 0.330 e. The van der Waals surface area contributed by atoms with E-state index in [1.807, 2.05) is 0 Å². The summed E-state index contributed by atoms with van der Waals surface area (Å²) in [5.41, 5.74) is 5.72. The predicted octanol–water partition coefficient (Wildman–Crippen LogP) is -0.682. The van der Waals surface area contributed by atoms with Crippen molar-refractivity contribution in [3.05, 3.63) is 0 Å². The van der Waals surface area contributed by atoms with Crippen LogP contribution in [0.1, 0.15) is 19.8 Å². The first-order chi connectivity index (χ1) is 7.61. The quantitative estimate of drug-likeness (QED) is 0.610. The molecule has 3 unspecified atom stereocenters. The Bertz CT molecular complexity index is 306. The minimum atomic E-state index is -0.256. The first kappa shape index (κ1) is 11.5. The van der Waals surface area contributed by atoms with Gasteiger partial charge in [0, 0.05) is 6.54 Å². The number of carbonyl (C=O) groups excluding carboxylic acids is 2. The number of likely N-dealkylation sites (tertiary alicyclic amines) is 1. The van der Waals surface area contributed by atoms with Crippen molar-refractivity contribution in [2.75, 3.05) is 19.6 Å². The second-order valence-corrected chi connectivity index (χ2v) is 4.89. The Kier molecular flexibility index (Phi) is 3.25. The highest BCUT2D eigenvalue weighted by Gasteiger charge is 2.38. The zero-order chi connectivity index (χ0) is 11.7. The standard InChI is InChI=1S/C11H19N3O2/c1-7-2-3-14(6-8(7)5-12)9-4-10(15)13-11(9)16/h7-9H,2-6,12H2,1H3,(H,13,15,16). The predicted molar refractivity (Wildman–Crippen MR) is 59.5 cm³/mol. The van der Waals surface area contributed by atoms with Gasteiger partial charge in [-0.3, -0.25) is 19.8 Å². The molecule has 5 heteroatoms. The molecule has 0 radical (unpaired) electrons. The number of hydrogen-bond donors (Lipinski definition) is 2. The van der Waals surface area contributed by atoms with E-state index in [-0.39, 0.29) is 17.9 Å². The number of imide groups is 1. The average Bonchev–Trinajstić information content (AvgIpc) is 2.59. The monoisotopic (exact) mass is 225 g/mol. The summed E-state index contributed by atoms with van der Waals surface area (Å²) in [6, 6.07) is -0.256. The molecule has 2 saturated heterocycles. The third kappa shape index (κ3) is 2.10. The summed E-state index contributed by atoms with van der Waals surface area (Å²) in [6.45, 7) is 4.58. The number of nitrogens with zero attached hydrogens (tertiary/aromatic N) is 1. The van der Waals surface area contributed by atoms with E-state index in [1.165, 1.54) is 0 Å². The lowest BCUT2D eigenvalue weighted by Gasteiger charge is -2.38. The number of nitrogens with one attached hydrogen (secondary N) is 1. The Labute approximate surface area is 95.3 Å². The van der Waals surface area contributed by atoms with E-state index in [0.29, 0.717) is 24.8 Å². The molecular formula is C11H19N3O2. The molecule has 2 amide bonds. The second kappa shape index (κ2) is 4.51. The fourth-order valence-corrected chi connectivity index (χ4v) is 2.60. The SMILES string of the molecule is CC1CCN(C2CC(=O)NC2=O)CC1CN. The minimum absolute atomic E-state index is 0.143. The summed E-state index contributed by atoms with van der Waals surface area (Å²) >= 11 is 0. The van der Waals surface area contributed by atoms with Gasteiger partial charge in [0.25, 0.3) is 0 Å². The number of carbonyl (C=O) groups is 2. The van der Waals surface area contributed by atoms with Crippen LogP contribution < -0.4 is 11.1 Å². The molecule has 16 heavy (non-hydrogen) atoms. The van der Waals surface area contributed by atoms with E-state index >= 15 is 0 Å². The van der Waals surface area contributed by atoms with Crippen molar-refractivity contribution in [1.82, 2.24) is 10.2 Å². The molecule has 2 heterocycles. The Morgan fingerprint density at radius 3 is 2.81 bits per heavy atom. The van der Waals surface area contributed by atoms with Crippen LogP contribution in [0.3, 0.4) is 0 Å². The van der Waals surface area contributed by atoms with E-state index in [1.54, 1.807) is 0 Å². The first-order valence-corrected chi connectivity index (χ1v) is 5.89. The highest BCUT2D eigenvalue weighted by Crippen LogP contribution is 2.25. The molecule has 90 valence electrons. The molecule has 0 bridgehead atoms. The molecule has 0 aromatic heterocycles. The van der Waals surface area contributed by atoms with Crippen LogP contribution in [0, 0.1) is 11.8 Å². The van der Waals surface area contributed by atoms with Crippen molar-refractivity contribution in [3.8, 4) is 0 Å². The van der Waals surface area contributed by atoms with Crippen LogP contribution in [0.4, 0.5) is 0 Å². The molecule has 0 saturated carbocycles. The lowest BCUT2D eigenvalue weighted by atomic mass is 9.86. The van der Waals surface area contributed by atoms with E-state index in [4.69, 9.17) is 5.73 Å². The maximum Gasteiger partial charge on any atom is 0.244 e. The molecule has 2 aliphatic heterocycles. The van der Waals surface area contributed by atoms with Gasteiger partial charge >= 0.3 is 0 Å². The van der Waals surface area contributed by atoms with Crippen LogP contribution in [0.25, 0.3) is 0 Å². The third-order valence-corrected chi connectivity index (χ3v) is 3.83. The molecule has 0 aromatic carbocycles. The summed E-state index contributed by atoms with van der Waals surface area (Å²) in [5.74, 6) is 0.756. The van der Waals surface area contributed by atoms with Crippen LogP contribution in [-0.4, -0.2) is 42.4 Å². The number of piperidine rings is 1. The Morgan fingerprint density at radius 2 is 2.25 bits per heavy atom. The summed E-state index contributed by atoms with van der Waals surface area (Å²) in [7, 11) is 0. The van der Waals surface area contributed by atoms with Crippen LogP contribution in [-0.2, 0) is 9.59 Å². The number of amides is 2. The molecule has 0 aliphatic carbocycles. The zero-order valence-corrected chi connectivity index (χ0v) is 9.61. The van der Waals surface area contributed by atoms with Crippen LogP contribution in [0.15, 0.2) is 0 Å². The van der Waals surface area contributed by atoms with E-state index < -0.39 is 0 Å². The minimum Gasteiger partial charge on any atom is -0.330 e. The Balaban J connectivity index is 2.00. The van der Waals surface area contributed by atoms with Crippen molar-refractivity contribution < 1.29 is 9.59 Å². The van der Waals surface area contributed by atoms with Gasteiger partial charge in [-0.25, -0.2) is 0 Å². The fraction of sp³-hybridized carbons (Fsp3) is 0.818. The van der Waals surface area contributed by atoms with Gasteiger partial charge in [-0.15, -0.1) is 0 Å². The lowest BCUT2D eigenvalue weighted by Crippen LogP contribution is -2.49. The topological polar surface area (TPSA) is 75.4 Å². The van der Waals surface area contributed by atoms with Crippen LogP contribution >= 0.6 is 0 Å². The van der Waals surface area contributed by atoms with Crippen molar-refractivity contribution >= 4 is 11.8 Å². The molecule has 2 fully saturated rings. The van der Waals surface area contributed by atoms with Gasteiger partial charge in [0.2, 0.25) is 11.8 Å². The molecule has 0 spiro atoms. The maximum atomic E-state index is 11.6. The van der Waals surface area contributed by atoms with Crippen LogP contribution in [0.2, 0.25) is 0 Å². The smallest absolute Gasteiger partial charge is 0.244 e. The number of nitrogens with two attached hydrogens (primary N) is 1. The highest BCUT2D eigenvalue weighted by molar-refractivity contribution is 6.05. The van der Waals surface area contributed by atoms with Gasteiger partial charge in [-0.05, 0) is 31.3 Å². The third-order valence-electron chi connectivity index (χ3n) is 3.83. The Hall–Kier alpha value is -0.940. The summed E-state index contributed by atoms with van der Waals surface area (Å²) in [6.07, 6.45) is 1.37. The molecular weight excluding hydrogens is 206 g/mol. The second-order valence-electron chi connectivity index (χ2n) is 4.89. The normalized spacial score (nSPS) is 36.5. The molecule has 5 nitrogen and oxygen atoms in total. The summed E-state index contributed by atoms with van der Waals surface area (Å²) < 4.78 is 0. The van der Waals surface area contributed by atoms with Crippen molar-refractivity contribution in [3.63, 3.8) is 0 Å². The van der Waals surface area contributed by atoms with Gasteiger partial charge < -0.3 is 5.73 Å². The van der Waals surface area contributed by atoms with E-state index in [0.717, 1.165) is 19.5 Å². The van der Waals surface area contributed by atoms with Crippen molar-refractivity contribution in [1.29, 1.82) is 0 Å². The average molecular weight is 225 g/mol. The van der Waals surface area contributed by atoms with Gasteiger partial charge in [-0.2, -0.15) is 0 Å². The van der Waals surface area contributed by atoms with Gasteiger partial charge in [0.05, 0.1) is 12.5 Å². The molecule has 0 aromatic rings. The fourth-order valence-electron chi connectivity index (χ4n) is 2.60. The zero-order valence-electron chi connectivity index (χ0n) is 9.61. The summed E-state index contributed by atoms with van der Waals surface area (Å²) in [5, 5.41) is 2.36. The maximum absolute atomic E-state index is 11.6. The number of hydrogen-bond acceptors (Lipinski definition) is 4. The van der Waals surface area contributed by atoms with Gasteiger partial charge in [0.1, 0.15) is 0 Å². The van der Waals surface area contributed by atoms with Gasteiger partial charge in [-0.1, -0.05) is 6.92 Å². The highest BCUT2D eigenvalue weighted by atomic mass is 16.2. The summed E-state index contributed by atoms with van der Waals surface area (Å²) in [4.78, 5) is 24.8. The van der Waals surface area contributed by atoms with Crippen molar-refractivity contribution in [2.24, 2.45) is 17.6 Å². The van der Waals surface area contributed by atoms with E-state index in [2.05, 4.69) is 17.1 Å².